The molecule has 1 heterocycles. The van der Waals surface area contributed by atoms with Crippen molar-refractivity contribution < 1.29 is 24.2 Å². The maximum absolute atomic E-state index is 14.1. The third kappa shape index (κ3) is 4.36. The normalized spacial score (nSPS) is 40.3. The summed E-state index contributed by atoms with van der Waals surface area (Å²) in [6.45, 7) is 11.2. The molecule has 1 saturated heterocycles. The Morgan fingerprint density at radius 1 is 1.14 bits per heavy atom. The second kappa shape index (κ2) is 10.2. The van der Waals surface area contributed by atoms with Gasteiger partial charge < -0.3 is 15.2 Å². The molecule has 3 unspecified atom stereocenters. The largest absolute Gasteiger partial charge is 0.457 e. The van der Waals surface area contributed by atoms with Crippen LogP contribution in [0.1, 0.15) is 39.7 Å². The lowest BCUT2D eigenvalue weighted by Gasteiger charge is -2.52. The maximum atomic E-state index is 14.1. The molecule has 1 spiro atoms. The van der Waals surface area contributed by atoms with Crippen molar-refractivity contribution in [2.75, 3.05) is 0 Å². The van der Waals surface area contributed by atoms with Gasteiger partial charge in [0.25, 0.3) is 0 Å². The molecule has 0 bridgehead atoms. The number of hydrogen-bond acceptors (Lipinski definition) is 5. The molecule has 2 aliphatic carbocycles. The van der Waals surface area contributed by atoms with Crippen molar-refractivity contribution >= 4 is 17.7 Å². The van der Waals surface area contributed by atoms with E-state index in [9.17, 15) is 19.5 Å². The highest BCUT2D eigenvalue weighted by Crippen LogP contribution is 2.58. The van der Waals surface area contributed by atoms with Crippen molar-refractivity contribution in [2.24, 2.45) is 35.0 Å². The van der Waals surface area contributed by atoms with E-state index in [1.54, 1.807) is 12.2 Å². The van der Waals surface area contributed by atoms with Crippen LogP contribution in [0.25, 0.3) is 0 Å². The third-order valence-corrected chi connectivity index (χ3v) is 8.49. The zero-order valence-corrected chi connectivity index (χ0v) is 21.5. The molecule has 1 amide bonds. The predicted molar refractivity (Wildman–Crippen MR) is 138 cm³/mol. The number of carbonyl (C=O) groups is 3. The van der Waals surface area contributed by atoms with Gasteiger partial charge >= 0.3 is 5.97 Å². The van der Waals surface area contributed by atoms with E-state index in [1.807, 2.05) is 63.3 Å². The van der Waals surface area contributed by atoms with Gasteiger partial charge in [0.15, 0.2) is 0 Å². The average Bonchev–Trinajstić information content (AvgIpc) is 3.13. The molecule has 9 atom stereocenters. The molecular formula is C30H37NO5. The summed E-state index contributed by atoms with van der Waals surface area (Å²) in [5, 5.41) is 14.7. The lowest BCUT2D eigenvalue weighted by Crippen LogP contribution is -2.60. The molecule has 4 rings (SSSR count). The number of aliphatic hydroxyl groups excluding tert-OH is 1. The minimum absolute atomic E-state index is 0.0764. The first-order valence-corrected chi connectivity index (χ1v) is 12.9. The van der Waals surface area contributed by atoms with Crippen molar-refractivity contribution in [2.45, 2.75) is 58.8 Å². The number of carbonyl (C=O) groups excluding carboxylic acids is 3. The molecule has 2 N–H and O–H groups in total. The fraction of sp³-hybridized carbons (Fsp3) is 0.500. The van der Waals surface area contributed by atoms with Gasteiger partial charge in [-0.25, -0.2) is 0 Å². The molecular weight excluding hydrogens is 454 g/mol. The summed E-state index contributed by atoms with van der Waals surface area (Å²) in [5.74, 6) is -2.49. The van der Waals surface area contributed by atoms with Gasteiger partial charge in [-0.2, -0.15) is 0 Å². The Morgan fingerprint density at radius 3 is 2.50 bits per heavy atom. The molecule has 6 nitrogen and oxygen atoms in total. The van der Waals surface area contributed by atoms with Crippen LogP contribution in [-0.2, 0) is 25.5 Å². The third-order valence-electron chi connectivity index (χ3n) is 8.49. The van der Waals surface area contributed by atoms with Crippen LogP contribution in [0.15, 0.2) is 66.8 Å². The number of hydrogen-bond donors (Lipinski definition) is 2. The van der Waals surface area contributed by atoms with Crippen molar-refractivity contribution in [3.05, 3.63) is 72.4 Å². The first-order chi connectivity index (χ1) is 17.1. The van der Waals surface area contributed by atoms with Crippen LogP contribution < -0.4 is 5.32 Å². The van der Waals surface area contributed by atoms with Crippen LogP contribution in [0.3, 0.4) is 0 Å². The number of esters is 1. The van der Waals surface area contributed by atoms with Gasteiger partial charge in [0, 0.05) is 36.6 Å². The Bertz CT molecular complexity index is 1090. The van der Waals surface area contributed by atoms with Crippen molar-refractivity contribution in [3.8, 4) is 0 Å². The number of nitrogens with one attached hydrogen (secondary N) is 1. The first kappa shape index (κ1) is 26.1. The number of aliphatic hydroxyl groups is 1. The van der Waals surface area contributed by atoms with Crippen molar-refractivity contribution in [1.29, 1.82) is 0 Å². The highest BCUT2D eigenvalue weighted by Gasteiger charge is 2.68. The van der Waals surface area contributed by atoms with Gasteiger partial charge in [-0.1, -0.05) is 75.9 Å². The quantitative estimate of drug-likeness (QED) is 0.496. The van der Waals surface area contributed by atoms with E-state index in [-0.39, 0.29) is 35.5 Å². The number of Topliss-reactive ketones (excluding diaryl/α,β-unsaturated/α-hetero) is 1. The zero-order valence-electron chi connectivity index (χ0n) is 21.5. The first-order valence-electron chi connectivity index (χ1n) is 12.9. The zero-order chi connectivity index (χ0) is 26.2. The van der Waals surface area contributed by atoms with Gasteiger partial charge in [-0.05, 0) is 36.0 Å². The summed E-state index contributed by atoms with van der Waals surface area (Å²) >= 11 is 0. The highest BCUT2D eigenvalue weighted by atomic mass is 16.5. The molecule has 2 fully saturated rings. The number of ether oxygens (including phenoxy) is 1. The summed E-state index contributed by atoms with van der Waals surface area (Å²) in [5.41, 5.74) is 0.493. The van der Waals surface area contributed by atoms with Crippen LogP contribution in [0.2, 0.25) is 0 Å². The Hall–Kier alpha value is -2.99. The van der Waals surface area contributed by atoms with Crippen LogP contribution >= 0.6 is 0 Å². The topological polar surface area (TPSA) is 92.7 Å². The summed E-state index contributed by atoms with van der Waals surface area (Å²) in [6.07, 6.45) is 6.34. The predicted octanol–water partition coefficient (Wildman–Crippen LogP) is 3.80. The van der Waals surface area contributed by atoms with E-state index in [4.69, 9.17) is 4.74 Å². The monoisotopic (exact) mass is 491 g/mol. The molecule has 6 heteroatoms. The van der Waals surface area contributed by atoms with Crippen LogP contribution in [0, 0.1) is 35.0 Å². The molecule has 1 aromatic carbocycles. The molecule has 36 heavy (non-hydrogen) atoms. The van der Waals surface area contributed by atoms with Gasteiger partial charge in [-0.3, -0.25) is 14.4 Å². The van der Waals surface area contributed by atoms with E-state index >= 15 is 0 Å². The summed E-state index contributed by atoms with van der Waals surface area (Å²) in [6, 6.07) is 9.71. The minimum Gasteiger partial charge on any atom is -0.457 e. The number of rotatable bonds is 3. The van der Waals surface area contributed by atoms with E-state index in [0.29, 0.717) is 18.4 Å². The molecule has 1 aromatic rings. The summed E-state index contributed by atoms with van der Waals surface area (Å²) in [4.78, 5) is 39.4. The fourth-order valence-electron chi connectivity index (χ4n) is 6.65. The second-order valence-electron chi connectivity index (χ2n) is 10.7. The molecule has 192 valence electrons. The fourth-order valence-corrected chi connectivity index (χ4v) is 6.65. The van der Waals surface area contributed by atoms with Crippen LogP contribution in [0.5, 0.6) is 0 Å². The van der Waals surface area contributed by atoms with Crippen molar-refractivity contribution in [3.63, 3.8) is 0 Å². The second-order valence-corrected chi connectivity index (χ2v) is 10.7. The van der Waals surface area contributed by atoms with Gasteiger partial charge in [0.05, 0.1) is 6.10 Å². The summed E-state index contributed by atoms with van der Waals surface area (Å²) < 4.78 is 5.88. The van der Waals surface area contributed by atoms with E-state index < -0.39 is 35.4 Å². The number of ketones is 1. The molecule has 0 radical (unpaired) electrons. The van der Waals surface area contributed by atoms with E-state index in [2.05, 4.69) is 11.9 Å². The van der Waals surface area contributed by atoms with E-state index in [0.717, 1.165) is 5.56 Å². The number of benzene rings is 1. The number of amides is 1. The highest BCUT2D eigenvalue weighted by molar-refractivity contribution is 5.89. The lowest BCUT2D eigenvalue weighted by atomic mass is 9.51. The SMILES string of the molecule is C=C1[C@@H](C)C2[C@H](Cc3ccccc3)NC(=O)[C@]23C(OC(C)=O)/C=C/[C@H](C)C(=O)[C@@H](C)C/C=C/C3[C@@H]1O. The Labute approximate surface area is 213 Å². The average molecular weight is 492 g/mol. The van der Waals surface area contributed by atoms with Crippen LogP contribution in [0.4, 0.5) is 0 Å². The summed E-state index contributed by atoms with van der Waals surface area (Å²) in [7, 11) is 0. The molecule has 0 aromatic heterocycles. The Morgan fingerprint density at radius 2 is 1.83 bits per heavy atom. The lowest BCUT2D eigenvalue weighted by molar-refractivity contribution is -0.166. The maximum Gasteiger partial charge on any atom is 0.303 e. The minimum atomic E-state index is -1.26. The molecule has 1 saturated carbocycles. The van der Waals surface area contributed by atoms with Crippen molar-refractivity contribution in [1.82, 2.24) is 5.32 Å². The Kier molecular flexibility index (Phi) is 7.37. The van der Waals surface area contributed by atoms with Gasteiger partial charge in [-0.15, -0.1) is 0 Å². The van der Waals surface area contributed by atoms with Gasteiger partial charge in [0.1, 0.15) is 17.3 Å². The Balaban J connectivity index is 1.92. The van der Waals surface area contributed by atoms with Crippen LogP contribution in [-0.4, -0.2) is 41.0 Å². The molecule has 3 aliphatic rings. The standard InChI is InChI=1S/C30H37NO5/c1-17-10-9-13-23-28(34)20(4)19(3)26-24(16-22-11-7-6-8-12-22)31-29(35)30(23,26)25(36-21(5)32)15-14-18(2)27(17)33/h6-9,11-15,17-19,23-26,28,34H,4,10,16H2,1-3,5H3,(H,31,35)/b13-9+,15-14+/t17-,18-,19+,23?,24-,25?,26?,28+,30+/m0/s1. The van der Waals surface area contributed by atoms with E-state index in [1.165, 1.54) is 6.92 Å². The number of allylic oxidation sites excluding steroid dienone is 2. The smallest absolute Gasteiger partial charge is 0.303 e. The molecule has 1 aliphatic heterocycles. The van der Waals surface area contributed by atoms with Gasteiger partial charge in [0.2, 0.25) is 5.91 Å².